The van der Waals surface area contributed by atoms with Crippen LogP contribution in [-0.2, 0) is 0 Å². The predicted octanol–water partition coefficient (Wildman–Crippen LogP) is 1.97. The summed E-state index contributed by atoms with van der Waals surface area (Å²) in [7, 11) is 3.16. The van der Waals surface area contributed by atoms with Crippen molar-refractivity contribution < 1.29 is 14.2 Å². The summed E-state index contributed by atoms with van der Waals surface area (Å²) in [6.45, 7) is 3.15. The summed E-state index contributed by atoms with van der Waals surface area (Å²) in [6, 6.07) is 7.44. The quantitative estimate of drug-likeness (QED) is 0.777. The fraction of sp³-hybridized carbons (Fsp3) is 0.500. The minimum atomic E-state index is -0.203. The van der Waals surface area contributed by atoms with Crippen molar-refractivity contribution in [3.05, 3.63) is 18.2 Å². The van der Waals surface area contributed by atoms with E-state index in [0.29, 0.717) is 30.3 Å². The minimum Gasteiger partial charge on any atom is -0.493 e. The smallest absolute Gasteiger partial charge is 0.203 e. The Morgan fingerprint density at radius 3 is 2.37 bits per heavy atom. The van der Waals surface area contributed by atoms with Gasteiger partial charge in [0.05, 0.1) is 32.9 Å². The molecular formula is C14H20N2O3. The van der Waals surface area contributed by atoms with Crippen LogP contribution in [0.2, 0.25) is 0 Å². The number of methoxy groups -OCH3 is 2. The first-order valence-corrected chi connectivity index (χ1v) is 6.23. The van der Waals surface area contributed by atoms with E-state index in [2.05, 4.69) is 11.4 Å². The maximum absolute atomic E-state index is 8.94. The van der Waals surface area contributed by atoms with Gasteiger partial charge in [-0.2, -0.15) is 5.26 Å². The molecule has 0 fully saturated rings. The molecule has 1 aromatic carbocycles. The van der Waals surface area contributed by atoms with Gasteiger partial charge in [-0.1, -0.05) is 13.0 Å². The Labute approximate surface area is 114 Å². The monoisotopic (exact) mass is 264 g/mol. The lowest BCUT2D eigenvalue weighted by Crippen LogP contribution is -2.28. The lowest BCUT2D eigenvalue weighted by atomic mass is 10.2. The molecule has 1 aromatic rings. The van der Waals surface area contributed by atoms with Crippen LogP contribution in [0.25, 0.3) is 0 Å². The highest BCUT2D eigenvalue weighted by atomic mass is 16.5. The standard InChI is InChI=1S/C14H20N2O3/c1-4-16-11(10-15)8-9-19-14-12(17-2)6-5-7-13(14)18-3/h5-7,11,16H,4,8-9H2,1-3H3. The molecule has 0 bridgehead atoms. The summed E-state index contributed by atoms with van der Waals surface area (Å²) in [6.07, 6.45) is 0.603. The van der Waals surface area contributed by atoms with Crippen LogP contribution in [0.15, 0.2) is 18.2 Å². The molecule has 0 aliphatic carbocycles. The van der Waals surface area contributed by atoms with Gasteiger partial charge >= 0.3 is 0 Å². The second-order valence-electron chi connectivity index (χ2n) is 3.87. The van der Waals surface area contributed by atoms with Crippen molar-refractivity contribution in [3.8, 4) is 23.3 Å². The van der Waals surface area contributed by atoms with E-state index in [1.165, 1.54) is 0 Å². The molecule has 19 heavy (non-hydrogen) atoms. The van der Waals surface area contributed by atoms with E-state index < -0.39 is 0 Å². The number of nitrogens with zero attached hydrogens (tertiary/aromatic N) is 1. The van der Waals surface area contributed by atoms with Crippen molar-refractivity contribution in [2.75, 3.05) is 27.4 Å². The van der Waals surface area contributed by atoms with E-state index in [1.807, 2.05) is 25.1 Å². The predicted molar refractivity (Wildman–Crippen MR) is 72.7 cm³/mol. The third-order valence-electron chi connectivity index (χ3n) is 2.64. The molecule has 0 aromatic heterocycles. The van der Waals surface area contributed by atoms with Crippen LogP contribution in [0, 0.1) is 11.3 Å². The maximum atomic E-state index is 8.94. The molecule has 1 unspecified atom stereocenters. The van der Waals surface area contributed by atoms with Crippen molar-refractivity contribution >= 4 is 0 Å². The highest BCUT2D eigenvalue weighted by Gasteiger charge is 2.12. The Morgan fingerprint density at radius 2 is 1.89 bits per heavy atom. The van der Waals surface area contributed by atoms with Gasteiger partial charge in [0.15, 0.2) is 11.5 Å². The van der Waals surface area contributed by atoms with E-state index >= 15 is 0 Å². The lowest BCUT2D eigenvalue weighted by Gasteiger charge is -2.15. The van der Waals surface area contributed by atoms with E-state index in [-0.39, 0.29) is 6.04 Å². The molecule has 0 amide bonds. The molecule has 1 N–H and O–H groups in total. The lowest BCUT2D eigenvalue weighted by molar-refractivity contribution is 0.263. The van der Waals surface area contributed by atoms with Crippen LogP contribution in [0.5, 0.6) is 17.2 Å². The molecule has 0 heterocycles. The summed E-state index contributed by atoms with van der Waals surface area (Å²) in [5, 5.41) is 12.0. The van der Waals surface area contributed by atoms with Gasteiger partial charge in [-0.05, 0) is 18.7 Å². The largest absolute Gasteiger partial charge is 0.493 e. The minimum absolute atomic E-state index is 0.203. The number of nitriles is 1. The van der Waals surface area contributed by atoms with Gasteiger partial charge in [-0.25, -0.2) is 0 Å². The van der Waals surface area contributed by atoms with Crippen molar-refractivity contribution in [2.24, 2.45) is 0 Å². The molecule has 0 spiro atoms. The zero-order chi connectivity index (χ0) is 14.1. The summed E-state index contributed by atoms with van der Waals surface area (Å²) >= 11 is 0. The van der Waals surface area contributed by atoms with Gasteiger partial charge in [0.2, 0.25) is 5.75 Å². The van der Waals surface area contributed by atoms with Crippen LogP contribution < -0.4 is 19.5 Å². The van der Waals surface area contributed by atoms with Crippen molar-refractivity contribution in [1.82, 2.24) is 5.32 Å². The molecule has 1 rings (SSSR count). The number of nitrogens with one attached hydrogen (secondary N) is 1. The fourth-order valence-corrected chi connectivity index (χ4v) is 1.70. The highest BCUT2D eigenvalue weighted by Crippen LogP contribution is 2.36. The SMILES string of the molecule is CCNC(C#N)CCOc1c(OC)cccc1OC. The van der Waals surface area contributed by atoms with Crippen LogP contribution in [0.1, 0.15) is 13.3 Å². The first kappa shape index (κ1) is 15.1. The van der Waals surface area contributed by atoms with Gasteiger partial charge in [0.1, 0.15) is 0 Å². The zero-order valence-electron chi connectivity index (χ0n) is 11.6. The highest BCUT2D eigenvalue weighted by molar-refractivity contribution is 5.51. The Bertz CT molecular complexity index is 407. The van der Waals surface area contributed by atoms with Crippen molar-refractivity contribution in [1.29, 1.82) is 5.26 Å². The van der Waals surface area contributed by atoms with Crippen LogP contribution in [0.3, 0.4) is 0 Å². The first-order valence-electron chi connectivity index (χ1n) is 6.23. The fourth-order valence-electron chi connectivity index (χ4n) is 1.70. The molecule has 0 radical (unpaired) electrons. The number of para-hydroxylation sites is 1. The molecular weight excluding hydrogens is 244 g/mol. The van der Waals surface area contributed by atoms with Gasteiger partial charge in [0.25, 0.3) is 0 Å². The molecule has 0 saturated carbocycles. The van der Waals surface area contributed by atoms with Crippen LogP contribution in [-0.4, -0.2) is 33.4 Å². The Kier molecular flexibility index (Phi) is 6.55. The Hall–Kier alpha value is -1.93. The summed E-state index contributed by atoms with van der Waals surface area (Å²) in [5.41, 5.74) is 0. The normalized spacial score (nSPS) is 11.5. The van der Waals surface area contributed by atoms with Gasteiger partial charge in [-0.15, -0.1) is 0 Å². The summed E-state index contributed by atoms with van der Waals surface area (Å²) < 4.78 is 16.2. The van der Waals surface area contributed by atoms with Crippen molar-refractivity contribution in [2.45, 2.75) is 19.4 Å². The Morgan fingerprint density at radius 1 is 1.26 bits per heavy atom. The van der Waals surface area contributed by atoms with Crippen LogP contribution in [0.4, 0.5) is 0 Å². The number of hydrogen-bond acceptors (Lipinski definition) is 5. The van der Waals surface area contributed by atoms with E-state index in [1.54, 1.807) is 14.2 Å². The van der Waals surface area contributed by atoms with E-state index in [4.69, 9.17) is 19.5 Å². The number of rotatable bonds is 8. The third-order valence-corrected chi connectivity index (χ3v) is 2.64. The van der Waals surface area contributed by atoms with Crippen LogP contribution >= 0.6 is 0 Å². The summed E-state index contributed by atoms with van der Waals surface area (Å²) in [4.78, 5) is 0. The number of ether oxygens (including phenoxy) is 3. The van der Waals surface area contributed by atoms with E-state index in [9.17, 15) is 0 Å². The third kappa shape index (κ3) is 4.34. The Balaban J connectivity index is 2.64. The summed E-state index contributed by atoms with van der Waals surface area (Å²) in [5.74, 6) is 1.81. The molecule has 5 nitrogen and oxygen atoms in total. The number of benzene rings is 1. The second kappa shape index (κ2) is 8.22. The van der Waals surface area contributed by atoms with Gasteiger partial charge in [-0.3, -0.25) is 0 Å². The molecule has 1 atom stereocenters. The van der Waals surface area contributed by atoms with Crippen molar-refractivity contribution in [3.63, 3.8) is 0 Å². The molecule has 0 aliphatic heterocycles. The molecule has 5 heteroatoms. The number of hydrogen-bond donors (Lipinski definition) is 1. The topological polar surface area (TPSA) is 63.5 Å². The maximum Gasteiger partial charge on any atom is 0.203 e. The molecule has 0 aliphatic rings. The second-order valence-corrected chi connectivity index (χ2v) is 3.87. The zero-order valence-corrected chi connectivity index (χ0v) is 11.6. The van der Waals surface area contributed by atoms with Gasteiger partial charge < -0.3 is 19.5 Å². The van der Waals surface area contributed by atoms with E-state index in [0.717, 1.165) is 6.54 Å². The average Bonchev–Trinajstić information content (AvgIpc) is 2.46. The average molecular weight is 264 g/mol. The molecule has 104 valence electrons. The first-order chi connectivity index (χ1) is 9.26. The van der Waals surface area contributed by atoms with Gasteiger partial charge in [0, 0.05) is 6.42 Å². The molecule has 0 saturated heterocycles.